The molecule has 3 rings (SSSR count). The van der Waals surface area contributed by atoms with Crippen molar-refractivity contribution in [3.63, 3.8) is 0 Å². The van der Waals surface area contributed by atoms with Crippen LogP contribution in [0.25, 0.3) is 22.4 Å². The first-order chi connectivity index (χ1) is 9.20. The number of aromatic nitrogens is 2. The number of anilines is 1. The Bertz CT molecular complexity index is 741. The minimum atomic E-state index is 0.812. The van der Waals surface area contributed by atoms with E-state index in [1.165, 1.54) is 5.52 Å². The maximum Gasteiger partial charge on any atom is 0.141 e. The molecular formula is C16H17N3. The van der Waals surface area contributed by atoms with Crippen LogP contribution in [-0.2, 0) is 6.54 Å². The van der Waals surface area contributed by atoms with Crippen LogP contribution in [-0.4, -0.2) is 9.55 Å². The first-order valence-corrected chi connectivity index (χ1v) is 6.52. The number of imidazole rings is 1. The lowest BCUT2D eigenvalue weighted by Gasteiger charge is -2.08. The predicted octanol–water partition coefficient (Wildman–Crippen LogP) is 3.61. The number of hydrogen-bond donors (Lipinski definition) is 1. The van der Waals surface area contributed by atoms with Crippen molar-refractivity contribution in [1.29, 1.82) is 0 Å². The molecule has 2 N–H and O–H groups in total. The zero-order chi connectivity index (χ0) is 13.4. The molecule has 0 aliphatic carbocycles. The topological polar surface area (TPSA) is 43.8 Å². The van der Waals surface area contributed by atoms with Gasteiger partial charge in [0.25, 0.3) is 0 Å². The Labute approximate surface area is 112 Å². The molecule has 0 aliphatic rings. The van der Waals surface area contributed by atoms with Gasteiger partial charge in [-0.3, -0.25) is 0 Å². The van der Waals surface area contributed by atoms with Crippen molar-refractivity contribution in [1.82, 2.24) is 9.55 Å². The van der Waals surface area contributed by atoms with Gasteiger partial charge in [0, 0.05) is 17.8 Å². The average Bonchev–Trinajstić information content (AvgIpc) is 2.80. The van der Waals surface area contributed by atoms with Crippen LogP contribution in [0.2, 0.25) is 0 Å². The van der Waals surface area contributed by atoms with Gasteiger partial charge in [0.05, 0.1) is 11.0 Å². The molecule has 0 radical (unpaired) electrons. The van der Waals surface area contributed by atoms with Crippen molar-refractivity contribution in [2.75, 3.05) is 5.73 Å². The molecule has 0 spiro atoms. The summed E-state index contributed by atoms with van der Waals surface area (Å²) in [7, 11) is 0. The lowest BCUT2D eigenvalue weighted by atomic mass is 10.1. The molecule has 1 heterocycles. The molecule has 0 atom stereocenters. The summed E-state index contributed by atoms with van der Waals surface area (Å²) in [6, 6.07) is 14.3. The molecular weight excluding hydrogens is 234 g/mol. The molecule has 0 saturated carbocycles. The average molecular weight is 251 g/mol. The number of fused-ring (bicyclic) bond motifs is 1. The summed E-state index contributed by atoms with van der Waals surface area (Å²) in [5, 5.41) is 0. The second-order valence-corrected chi connectivity index (χ2v) is 4.74. The molecule has 3 nitrogen and oxygen atoms in total. The number of benzene rings is 2. The van der Waals surface area contributed by atoms with Gasteiger partial charge in [0.2, 0.25) is 0 Å². The van der Waals surface area contributed by atoms with Gasteiger partial charge in [-0.1, -0.05) is 24.3 Å². The molecule has 96 valence electrons. The van der Waals surface area contributed by atoms with Gasteiger partial charge in [0.1, 0.15) is 5.82 Å². The Kier molecular flexibility index (Phi) is 2.75. The minimum Gasteiger partial charge on any atom is -0.398 e. The van der Waals surface area contributed by atoms with Gasteiger partial charge in [-0.05, 0) is 37.6 Å². The zero-order valence-electron chi connectivity index (χ0n) is 11.2. The van der Waals surface area contributed by atoms with Crippen LogP contribution < -0.4 is 5.73 Å². The summed E-state index contributed by atoms with van der Waals surface area (Å²) in [6.45, 7) is 5.04. The van der Waals surface area contributed by atoms with E-state index in [0.717, 1.165) is 34.7 Å². The predicted molar refractivity (Wildman–Crippen MR) is 80.0 cm³/mol. The molecule has 3 aromatic rings. The summed E-state index contributed by atoms with van der Waals surface area (Å²) < 4.78 is 2.22. The number of nitrogen functional groups attached to an aromatic ring is 1. The standard InChI is InChI=1S/C16H17N3/c1-3-19-15-7-5-4-6-14(15)18-16(19)12-9-8-11(2)13(17)10-12/h4-10H,3,17H2,1-2H3. The summed E-state index contributed by atoms with van der Waals surface area (Å²) in [5.74, 6) is 0.982. The third-order valence-electron chi connectivity index (χ3n) is 3.51. The Morgan fingerprint density at radius 3 is 2.68 bits per heavy atom. The van der Waals surface area contributed by atoms with Crippen molar-refractivity contribution in [2.45, 2.75) is 20.4 Å². The minimum absolute atomic E-state index is 0.812. The van der Waals surface area contributed by atoms with Crippen LogP contribution in [0, 0.1) is 6.92 Å². The smallest absolute Gasteiger partial charge is 0.141 e. The molecule has 0 bridgehead atoms. The summed E-state index contributed by atoms with van der Waals surface area (Å²) in [6.07, 6.45) is 0. The Balaban J connectivity index is 2.26. The highest BCUT2D eigenvalue weighted by Gasteiger charge is 2.11. The number of nitrogens with zero attached hydrogens (tertiary/aromatic N) is 2. The molecule has 2 aromatic carbocycles. The SMILES string of the molecule is CCn1c(-c2ccc(C)c(N)c2)nc2ccccc21. The van der Waals surface area contributed by atoms with E-state index in [1.807, 2.05) is 37.3 Å². The molecule has 3 heteroatoms. The first-order valence-electron chi connectivity index (χ1n) is 6.52. The van der Waals surface area contributed by atoms with Gasteiger partial charge >= 0.3 is 0 Å². The molecule has 0 fully saturated rings. The van der Waals surface area contributed by atoms with E-state index in [0.29, 0.717) is 0 Å². The zero-order valence-corrected chi connectivity index (χ0v) is 11.2. The van der Waals surface area contributed by atoms with E-state index in [4.69, 9.17) is 10.7 Å². The van der Waals surface area contributed by atoms with Crippen molar-refractivity contribution in [3.05, 3.63) is 48.0 Å². The maximum absolute atomic E-state index is 6.01. The number of rotatable bonds is 2. The Hall–Kier alpha value is -2.29. The first kappa shape index (κ1) is 11.8. The highest BCUT2D eigenvalue weighted by atomic mass is 15.1. The fourth-order valence-corrected chi connectivity index (χ4v) is 2.40. The van der Waals surface area contributed by atoms with E-state index in [9.17, 15) is 0 Å². The van der Waals surface area contributed by atoms with Gasteiger partial charge < -0.3 is 10.3 Å². The molecule has 0 saturated heterocycles. The molecule has 0 unspecified atom stereocenters. The summed E-state index contributed by atoms with van der Waals surface area (Å²) in [5.41, 5.74) is 11.2. The van der Waals surface area contributed by atoms with Crippen molar-refractivity contribution >= 4 is 16.7 Å². The van der Waals surface area contributed by atoms with Crippen LogP contribution in [0.3, 0.4) is 0 Å². The summed E-state index contributed by atoms with van der Waals surface area (Å²) >= 11 is 0. The van der Waals surface area contributed by atoms with Crippen molar-refractivity contribution in [3.8, 4) is 11.4 Å². The van der Waals surface area contributed by atoms with E-state index in [1.54, 1.807) is 0 Å². The highest BCUT2D eigenvalue weighted by Crippen LogP contribution is 2.27. The van der Waals surface area contributed by atoms with Gasteiger partial charge in [-0.2, -0.15) is 0 Å². The fraction of sp³-hybridized carbons (Fsp3) is 0.188. The molecule has 19 heavy (non-hydrogen) atoms. The van der Waals surface area contributed by atoms with Crippen LogP contribution in [0.5, 0.6) is 0 Å². The molecule has 1 aromatic heterocycles. The van der Waals surface area contributed by atoms with E-state index in [-0.39, 0.29) is 0 Å². The number of aryl methyl sites for hydroxylation is 2. The van der Waals surface area contributed by atoms with E-state index >= 15 is 0 Å². The third kappa shape index (κ3) is 1.87. The van der Waals surface area contributed by atoms with Crippen LogP contribution in [0.1, 0.15) is 12.5 Å². The van der Waals surface area contributed by atoms with Crippen LogP contribution in [0.15, 0.2) is 42.5 Å². The summed E-state index contributed by atoms with van der Waals surface area (Å²) in [4.78, 5) is 4.73. The van der Waals surface area contributed by atoms with E-state index in [2.05, 4.69) is 23.6 Å². The number of nitrogens with two attached hydrogens (primary N) is 1. The van der Waals surface area contributed by atoms with Gasteiger partial charge in [-0.25, -0.2) is 4.98 Å². The van der Waals surface area contributed by atoms with Crippen LogP contribution in [0.4, 0.5) is 5.69 Å². The van der Waals surface area contributed by atoms with Crippen LogP contribution >= 0.6 is 0 Å². The van der Waals surface area contributed by atoms with Crippen molar-refractivity contribution < 1.29 is 0 Å². The second-order valence-electron chi connectivity index (χ2n) is 4.74. The largest absolute Gasteiger partial charge is 0.398 e. The third-order valence-corrected chi connectivity index (χ3v) is 3.51. The Morgan fingerprint density at radius 2 is 1.95 bits per heavy atom. The lowest BCUT2D eigenvalue weighted by Crippen LogP contribution is -1.98. The maximum atomic E-state index is 6.01. The monoisotopic (exact) mass is 251 g/mol. The fourth-order valence-electron chi connectivity index (χ4n) is 2.40. The number of hydrogen-bond acceptors (Lipinski definition) is 2. The normalized spacial score (nSPS) is 11.1. The lowest BCUT2D eigenvalue weighted by molar-refractivity contribution is 0.796. The molecule has 0 aliphatic heterocycles. The van der Waals surface area contributed by atoms with Gasteiger partial charge in [0.15, 0.2) is 0 Å². The Morgan fingerprint density at radius 1 is 1.16 bits per heavy atom. The van der Waals surface area contributed by atoms with Gasteiger partial charge in [-0.15, -0.1) is 0 Å². The number of para-hydroxylation sites is 2. The molecule has 0 amide bonds. The second kappa shape index (κ2) is 4.43. The van der Waals surface area contributed by atoms with Crippen molar-refractivity contribution in [2.24, 2.45) is 0 Å². The van der Waals surface area contributed by atoms with E-state index < -0.39 is 0 Å². The quantitative estimate of drug-likeness (QED) is 0.707. The highest BCUT2D eigenvalue weighted by molar-refractivity contribution is 5.81.